The smallest absolute Gasteiger partial charge is 0.258 e. The summed E-state index contributed by atoms with van der Waals surface area (Å²) in [6.45, 7) is 3.50. The molecule has 1 saturated heterocycles. The van der Waals surface area contributed by atoms with Gasteiger partial charge in [-0.3, -0.25) is 9.69 Å². The molecule has 1 amide bonds. The lowest BCUT2D eigenvalue weighted by atomic mass is 10.1. The van der Waals surface area contributed by atoms with E-state index in [1.54, 1.807) is 6.07 Å². The lowest BCUT2D eigenvalue weighted by Gasteiger charge is -2.31. The Morgan fingerprint density at radius 3 is 2.67 bits per heavy atom. The molecule has 0 aromatic heterocycles. The number of hydrogen-bond acceptors (Lipinski definition) is 4. The summed E-state index contributed by atoms with van der Waals surface area (Å²) < 4.78 is 25.2. The number of nitrogens with zero attached hydrogens (tertiary/aromatic N) is 1. The number of carbonyl (C=O) groups is 1. The normalized spacial score (nSPS) is 15.9. The second-order valence-electron chi connectivity index (χ2n) is 6.31. The maximum absolute atomic E-state index is 13.8. The summed E-state index contributed by atoms with van der Waals surface area (Å²) in [7, 11) is 0. The minimum atomic E-state index is -0.509. The first-order valence-corrected chi connectivity index (χ1v) is 9.63. The highest BCUT2D eigenvalue weighted by Gasteiger charge is 2.20. The lowest BCUT2D eigenvalue weighted by molar-refractivity contribution is -0.124. The highest BCUT2D eigenvalue weighted by atomic mass is 79.9. The van der Waals surface area contributed by atoms with Gasteiger partial charge in [-0.2, -0.15) is 0 Å². The molecule has 5 nitrogen and oxygen atoms in total. The zero-order valence-corrected chi connectivity index (χ0v) is 16.5. The summed E-state index contributed by atoms with van der Waals surface area (Å²) in [4.78, 5) is 14.7. The predicted octanol–water partition coefficient (Wildman–Crippen LogP) is 3.16. The summed E-state index contributed by atoms with van der Waals surface area (Å²) in [6, 6.07) is 14.1. The molecular weight excluding hydrogens is 415 g/mol. The molecule has 1 heterocycles. The van der Waals surface area contributed by atoms with Gasteiger partial charge in [0, 0.05) is 24.1 Å². The minimum absolute atomic E-state index is 0.0535. The van der Waals surface area contributed by atoms with Crippen LogP contribution < -0.4 is 10.1 Å². The van der Waals surface area contributed by atoms with Gasteiger partial charge in [-0.05, 0) is 23.8 Å². The van der Waals surface area contributed by atoms with Crippen molar-refractivity contribution in [2.75, 3.05) is 39.5 Å². The first-order valence-electron chi connectivity index (χ1n) is 8.84. The van der Waals surface area contributed by atoms with Crippen molar-refractivity contribution in [3.05, 3.63) is 64.4 Å². The van der Waals surface area contributed by atoms with Gasteiger partial charge < -0.3 is 14.8 Å². The van der Waals surface area contributed by atoms with Crippen molar-refractivity contribution < 1.29 is 18.7 Å². The standard InChI is InChI=1S/C20H22BrFN2O3/c21-16-6-7-19(17(22)12-16)27-14-20(25)23-18(15-4-2-1-3-5-15)13-24-8-10-26-11-9-24/h1-7,12,18H,8-11,13-14H2,(H,23,25). The first-order chi connectivity index (χ1) is 13.1. The van der Waals surface area contributed by atoms with Crippen LogP contribution in [0.3, 0.4) is 0 Å². The van der Waals surface area contributed by atoms with E-state index in [2.05, 4.69) is 26.1 Å². The summed E-state index contributed by atoms with van der Waals surface area (Å²) in [5.41, 5.74) is 1.02. The van der Waals surface area contributed by atoms with Gasteiger partial charge in [-0.15, -0.1) is 0 Å². The molecule has 2 aromatic carbocycles. The van der Waals surface area contributed by atoms with Crippen molar-refractivity contribution in [2.24, 2.45) is 0 Å². The third-order valence-corrected chi connectivity index (χ3v) is 4.83. The molecule has 2 aromatic rings. The summed E-state index contributed by atoms with van der Waals surface area (Å²) in [5.74, 6) is -0.748. The molecule has 1 unspecified atom stereocenters. The van der Waals surface area contributed by atoms with Crippen molar-refractivity contribution >= 4 is 21.8 Å². The molecule has 27 heavy (non-hydrogen) atoms. The number of nitrogens with one attached hydrogen (secondary N) is 1. The number of ether oxygens (including phenoxy) is 2. The Morgan fingerprint density at radius 2 is 1.96 bits per heavy atom. The van der Waals surface area contributed by atoms with Crippen LogP contribution in [0.15, 0.2) is 53.0 Å². The van der Waals surface area contributed by atoms with E-state index in [0.717, 1.165) is 18.7 Å². The van der Waals surface area contributed by atoms with Crippen LogP contribution in [0.5, 0.6) is 5.75 Å². The third-order valence-electron chi connectivity index (χ3n) is 4.33. The van der Waals surface area contributed by atoms with E-state index in [0.29, 0.717) is 24.2 Å². The van der Waals surface area contributed by atoms with Crippen molar-refractivity contribution in [1.29, 1.82) is 0 Å². The fourth-order valence-electron chi connectivity index (χ4n) is 2.93. The predicted molar refractivity (Wildman–Crippen MR) is 104 cm³/mol. The van der Waals surface area contributed by atoms with E-state index in [4.69, 9.17) is 9.47 Å². The number of morpholine rings is 1. The fraction of sp³-hybridized carbons (Fsp3) is 0.350. The molecule has 0 spiro atoms. The summed E-state index contributed by atoms with van der Waals surface area (Å²) >= 11 is 3.19. The molecular formula is C20H22BrFN2O3. The lowest BCUT2D eigenvalue weighted by Crippen LogP contribution is -2.44. The van der Waals surface area contributed by atoms with Crippen LogP contribution in [0.2, 0.25) is 0 Å². The van der Waals surface area contributed by atoms with Crippen molar-refractivity contribution in [3.63, 3.8) is 0 Å². The molecule has 1 atom stereocenters. The van der Waals surface area contributed by atoms with Crippen LogP contribution in [0.1, 0.15) is 11.6 Å². The molecule has 0 saturated carbocycles. The Balaban J connectivity index is 1.61. The number of hydrogen-bond donors (Lipinski definition) is 1. The molecule has 0 aliphatic carbocycles. The maximum atomic E-state index is 13.8. The molecule has 3 rings (SSSR count). The molecule has 1 fully saturated rings. The number of rotatable bonds is 7. The summed E-state index contributed by atoms with van der Waals surface area (Å²) in [5, 5.41) is 3.00. The van der Waals surface area contributed by atoms with Crippen LogP contribution in [-0.2, 0) is 9.53 Å². The highest BCUT2D eigenvalue weighted by molar-refractivity contribution is 9.10. The third kappa shape index (κ3) is 6.02. The van der Waals surface area contributed by atoms with Crippen molar-refractivity contribution in [1.82, 2.24) is 10.2 Å². The molecule has 7 heteroatoms. The van der Waals surface area contributed by atoms with Gasteiger partial charge in [0.2, 0.25) is 0 Å². The minimum Gasteiger partial charge on any atom is -0.481 e. The Kier molecular flexibility index (Phi) is 7.20. The van der Waals surface area contributed by atoms with E-state index < -0.39 is 5.82 Å². The SMILES string of the molecule is O=C(COc1ccc(Br)cc1F)NC(CN1CCOCC1)c1ccccc1. The Hall–Kier alpha value is -1.96. The zero-order valence-electron chi connectivity index (χ0n) is 14.9. The Morgan fingerprint density at radius 1 is 1.22 bits per heavy atom. The average Bonchev–Trinajstić information content (AvgIpc) is 2.68. The van der Waals surface area contributed by atoms with Crippen molar-refractivity contribution in [2.45, 2.75) is 6.04 Å². The van der Waals surface area contributed by atoms with E-state index in [-0.39, 0.29) is 24.3 Å². The van der Waals surface area contributed by atoms with Gasteiger partial charge >= 0.3 is 0 Å². The Bertz CT molecular complexity index is 754. The van der Waals surface area contributed by atoms with Gasteiger partial charge in [-0.25, -0.2) is 4.39 Å². The monoisotopic (exact) mass is 436 g/mol. The van der Waals surface area contributed by atoms with Crippen LogP contribution in [-0.4, -0.2) is 50.3 Å². The molecule has 1 N–H and O–H groups in total. The van der Waals surface area contributed by atoms with E-state index in [1.165, 1.54) is 12.1 Å². The molecule has 1 aliphatic rings. The van der Waals surface area contributed by atoms with Gasteiger partial charge in [0.25, 0.3) is 5.91 Å². The van der Waals surface area contributed by atoms with Gasteiger partial charge in [0.05, 0.1) is 19.3 Å². The van der Waals surface area contributed by atoms with Crippen LogP contribution in [0.25, 0.3) is 0 Å². The molecule has 0 bridgehead atoms. The van der Waals surface area contributed by atoms with E-state index >= 15 is 0 Å². The van der Waals surface area contributed by atoms with E-state index in [1.807, 2.05) is 30.3 Å². The number of amides is 1. The number of benzene rings is 2. The molecule has 144 valence electrons. The average molecular weight is 437 g/mol. The van der Waals surface area contributed by atoms with Gasteiger partial charge in [-0.1, -0.05) is 46.3 Å². The van der Waals surface area contributed by atoms with Crippen LogP contribution in [0.4, 0.5) is 4.39 Å². The maximum Gasteiger partial charge on any atom is 0.258 e. The molecule has 1 aliphatic heterocycles. The fourth-order valence-corrected chi connectivity index (χ4v) is 3.27. The topological polar surface area (TPSA) is 50.8 Å². The first kappa shape index (κ1) is 19.8. The molecule has 0 radical (unpaired) electrons. The second kappa shape index (κ2) is 9.82. The largest absolute Gasteiger partial charge is 0.481 e. The van der Waals surface area contributed by atoms with Crippen LogP contribution in [0, 0.1) is 5.82 Å². The quantitative estimate of drug-likeness (QED) is 0.723. The van der Waals surface area contributed by atoms with Gasteiger partial charge in [0.15, 0.2) is 18.2 Å². The number of carbonyl (C=O) groups excluding carboxylic acids is 1. The summed E-state index contributed by atoms with van der Waals surface area (Å²) in [6.07, 6.45) is 0. The zero-order chi connectivity index (χ0) is 19.1. The Labute approximate surface area is 166 Å². The highest BCUT2D eigenvalue weighted by Crippen LogP contribution is 2.21. The van der Waals surface area contributed by atoms with Crippen molar-refractivity contribution in [3.8, 4) is 5.75 Å². The van der Waals surface area contributed by atoms with Gasteiger partial charge in [0.1, 0.15) is 0 Å². The van der Waals surface area contributed by atoms with Crippen LogP contribution >= 0.6 is 15.9 Å². The second-order valence-corrected chi connectivity index (χ2v) is 7.22. The van der Waals surface area contributed by atoms with E-state index in [9.17, 15) is 9.18 Å². The number of halogens is 2.